The molecule has 3 aromatic carbocycles. The molecule has 0 aliphatic carbocycles. The molecule has 0 aliphatic rings. The summed E-state index contributed by atoms with van der Waals surface area (Å²) in [6.07, 6.45) is -4.99. The van der Waals surface area contributed by atoms with Crippen LogP contribution in [0.4, 0.5) is 18.9 Å². The van der Waals surface area contributed by atoms with Crippen LogP contribution >= 0.6 is 0 Å². The number of halogens is 3. The third-order valence-electron chi connectivity index (χ3n) is 4.66. The lowest BCUT2D eigenvalue weighted by Crippen LogP contribution is -2.29. The molecule has 0 aliphatic heterocycles. The molecule has 10 heteroatoms. The van der Waals surface area contributed by atoms with E-state index in [1.54, 1.807) is 13.0 Å². The number of sulfonamides is 1. The molecule has 0 aromatic heterocycles. The number of sulfone groups is 1. The van der Waals surface area contributed by atoms with Crippen molar-refractivity contribution in [1.29, 1.82) is 0 Å². The minimum Gasteiger partial charge on any atom is -0.269 e. The standard InChI is InChI=1S/C21H18F3NO4S2/c1-15-8-10-17(11-9-15)31(28,29)25(2)20-13-12-18(14-19(20)21(22,23)24)30(26,27)16-6-4-3-5-7-16/h3-14H,1-2H3. The Kier molecular flexibility index (Phi) is 5.90. The monoisotopic (exact) mass is 469 g/mol. The fraction of sp³-hybridized carbons (Fsp3) is 0.143. The predicted molar refractivity (Wildman–Crippen MR) is 110 cm³/mol. The third-order valence-corrected chi connectivity index (χ3v) is 8.21. The minimum absolute atomic E-state index is 0.170. The van der Waals surface area contributed by atoms with Crippen molar-refractivity contribution in [3.8, 4) is 0 Å². The molecule has 0 spiro atoms. The van der Waals surface area contributed by atoms with Crippen molar-refractivity contribution in [1.82, 2.24) is 0 Å². The smallest absolute Gasteiger partial charge is 0.269 e. The second kappa shape index (κ2) is 8.01. The first kappa shape index (κ1) is 22.8. The second-order valence-corrected chi connectivity index (χ2v) is 10.7. The van der Waals surface area contributed by atoms with Crippen molar-refractivity contribution in [3.05, 3.63) is 83.9 Å². The van der Waals surface area contributed by atoms with E-state index in [0.29, 0.717) is 10.4 Å². The van der Waals surface area contributed by atoms with Gasteiger partial charge in [-0.1, -0.05) is 35.9 Å². The molecule has 3 rings (SSSR count). The van der Waals surface area contributed by atoms with E-state index in [1.165, 1.54) is 48.5 Å². The molecule has 31 heavy (non-hydrogen) atoms. The highest BCUT2D eigenvalue weighted by Gasteiger charge is 2.38. The van der Waals surface area contributed by atoms with E-state index in [1.807, 2.05) is 0 Å². The molecule has 0 atom stereocenters. The number of hydrogen-bond donors (Lipinski definition) is 0. The van der Waals surface area contributed by atoms with Crippen LogP contribution in [0.1, 0.15) is 11.1 Å². The van der Waals surface area contributed by atoms with Gasteiger partial charge < -0.3 is 0 Å². The quantitative estimate of drug-likeness (QED) is 0.544. The van der Waals surface area contributed by atoms with Crippen LogP contribution in [0.25, 0.3) is 0 Å². The molecule has 0 unspecified atom stereocenters. The van der Waals surface area contributed by atoms with Crippen LogP contribution in [0.3, 0.4) is 0 Å². The van der Waals surface area contributed by atoms with Gasteiger partial charge in [0.1, 0.15) is 0 Å². The Morgan fingerprint density at radius 3 is 1.84 bits per heavy atom. The van der Waals surface area contributed by atoms with Gasteiger partial charge in [-0.25, -0.2) is 16.8 Å². The SMILES string of the molecule is Cc1ccc(S(=O)(=O)N(C)c2ccc(S(=O)(=O)c3ccccc3)cc2C(F)(F)F)cc1. The average molecular weight is 470 g/mol. The molecule has 0 saturated heterocycles. The van der Waals surface area contributed by atoms with Gasteiger partial charge in [0.2, 0.25) is 9.84 Å². The fourth-order valence-electron chi connectivity index (χ4n) is 2.92. The van der Waals surface area contributed by atoms with Gasteiger partial charge >= 0.3 is 6.18 Å². The van der Waals surface area contributed by atoms with Gasteiger partial charge in [0, 0.05) is 7.05 Å². The molecule has 0 radical (unpaired) electrons. The summed E-state index contributed by atoms with van der Waals surface area (Å²) in [6.45, 7) is 1.74. The molecular weight excluding hydrogens is 451 g/mol. The zero-order chi connectivity index (χ0) is 23.0. The maximum atomic E-state index is 13.8. The number of rotatable bonds is 5. The van der Waals surface area contributed by atoms with Crippen molar-refractivity contribution in [2.24, 2.45) is 0 Å². The van der Waals surface area contributed by atoms with Gasteiger partial charge in [-0.05, 0) is 49.4 Å². The van der Waals surface area contributed by atoms with Crippen molar-refractivity contribution < 1.29 is 30.0 Å². The number of benzene rings is 3. The van der Waals surface area contributed by atoms with E-state index in [-0.39, 0.29) is 9.79 Å². The summed E-state index contributed by atoms with van der Waals surface area (Å²) in [5, 5.41) is 0. The Bertz CT molecular complexity index is 1300. The van der Waals surface area contributed by atoms with Crippen LogP contribution < -0.4 is 4.31 Å². The van der Waals surface area contributed by atoms with Gasteiger partial charge in [-0.15, -0.1) is 0 Å². The van der Waals surface area contributed by atoms with Gasteiger partial charge in [0.25, 0.3) is 10.0 Å². The van der Waals surface area contributed by atoms with Gasteiger partial charge in [0.15, 0.2) is 0 Å². The van der Waals surface area contributed by atoms with E-state index >= 15 is 0 Å². The van der Waals surface area contributed by atoms with E-state index in [2.05, 4.69) is 0 Å². The molecule has 0 heterocycles. The van der Waals surface area contributed by atoms with Crippen molar-refractivity contribution in [2.75, 3.05) is 11.4 Å². The summed E-state index contributed by atoms with van der Waals surface area (Å²) < 4.78 is 93.1. The van der Waals surface area contributed by atoms with Crippen molar-refractivity contribution in [3.63, 3.8) is 0 Å². The molecule has 3 aromatic rings. The Balaban J connectivity index is 2.15. The van der Waals surface area contributed by atoms with E-state index < -0.39 is 42.2 Å². The molecule has 0 bridgehead atoms. The van der Waals surface area contributed by atoms with Gasteiger partial charge in [-0.3, -0.25) is 4.31 Å². The molecule has 5 nitrogen and oxygen atoms in total. The third kappa shape index (κ3) is 4.45. The summed E-state index contributed by atoms with van der Waals surface area (Å²) in [5.41, 5.74) is -1.27. The van der Waals surface area contributed by atoms with Gasteiger partial charge in [0.05, 0.1) is 25.9 Å². The van der Waals surface area contributed by atoms with Crippen LogP contribution in [0.5, 0.6) is 0 Å². The Labute approximate surface area is 178 Å². The summed E-state index contributed by atoms with van der Waals surface area (Å²) in [5.74, 6) is 0. The van der Waals surface area contributed by atoms with Gasteiger partial charge in [-0.2, -0.15) is 13.2 Å². The first-order chi connectivity index (χ1) is 14.3. The minimum atomic E-state index is -4.99. The highest BCUT2D eigenvalue weighted by atomic mass is 32.2. The van der Waals surface area contributed by atoms with Crippen molar-refractivity contribution >= 4 is 25.5 Å². The lowest BCUT2D eigenvalue weighted by atomic mass is 10.1. The van der Waals surface area contributed by atoms with Crippen LogP contribution in [0.2, 0.25) is 0 Å². The zero-order valence-electron chi connectivity index (χ0n) is 16.5. The number of anilines is 1. The number of nitrogens with zero attached hydrogens (tertiary/aromatic N) is 1. The normalized spacial score (nSPS) is 12.5. The number of aryl methyl sites for hydroxylation is 1. The largest absolute Gasteiger partial charge is 0.418 e. The first-order valence-electron chi connectivity index (χ1n) is 8.92. The van der Waals surface area contributed by atoms with Crippen LogP contribution in [0.15, 0.2) is 87.5 Å². The Morgan fingerprint density at radius 1 is 0.742 bits per heavy atom. The first-order valence-corrected chi connectivity index (χ1v) is 11.8. The summed E-state index contributed by atoms with van der Waals surface area (Å²) >= 11 is 0. The molecule has 164 valence electrons. The van der Waals surface area contributed by atoms with E-state index in [0.717, 1.165) is 24.7 Å². The molecule has 0 N–H and O–H groups in total. The molecule has 0 amide bonds. The Hall–Kier alpha value is -2.85. The van der Waals surface area contributed by atoms with E-state index in [9.17, 15) is 30.0 Å². The molecule has 0 saturated carbocycles. The molecule has 0 fully saturated rings. The lowest BCUT2D eigenvalue weighted by molar-refractivity contribution is -0.137. The highest BCUT2D eigenvalue weighted by molar-refractivity contribution is 7.92. The lowest BCUT2D eigenvalue weighted by Gasteiger charge is -2.24. The molecular formula is C21H18F3NO4S2. The topological polar surface area (TPSA) is 71.5 Å². The average Bonchev–Trinajstić information content (AvgIpc) is 2.73. The maximum absolute atomic E-state index is 13.8. The summed E-state index contributed by atoms with van der Waals surface area (Å²) in [7, 11) is -7.54. The number of alkyl halides is 3. The maximum Gasteiger partial charge on any atom is 0.418 e. The van der Waals surface area contributed by atoms with Crippen LogP contribution in [-0.2, 0) is 26.0 Å². The zero-order valence-corrected chi connectivity index (χ0v) is 18.1. The van der Waals surface area contributed by atoms with Crippen molar-refractivity contribution in [2.45, 2.75) is 27.8 Å². The highest BCUT2D eigenvalue weighted by Crippen LogP contribution is 2.40. The number of hydrogen-bond acceptors (Lipinski definition) is 4. The fourth-order valence-corrected chi connectivity index (χ4v) is 5.44. The predicted octanol–water partition coefficient (Wildman–Crippen LogP) is 4.67. The van der Waals surface area contributed by atoms with E-state index in [4.69, 9.17) is 0 Å². The summed E-state index contributed by atoms with van der Waals surface area (Å²) in [6, 6.07) is 14.9. The van der Waals surface area contributed by atoms with Crippen LogP contribution in [-0.4, -0.2) is 23.9 Å². The van der Waals surface area contributed by atoms with Crippen LogP contribution in [0, 0.1) is 6.92 Å². The second-order valence-electron chi connectivity index (χ2n) is 6.78. The Morgan fingerprint density at radius 2 is 1.29 bits per heavy atom. The summed E-state index contributed by atoms with van der Waals surface area (Å²) in [4.78, 5) is -0.942.